The topological polar surface area (TPSA) is 82.3 Å². The third-order valence-electron chi connectivity index (χ3n) is 4.89. The molecule has 1 amide bonds. The van der Waals surface area contributed by atoms with Crippen LogP contribution in [0.3, 0.4) is 0 Å². The van der Waals surface area contributed by atoms with Crippen LogP contribution in [-0.2, 0) is 21.2 Å². The van der Waals surface area contributed by atoms with E-state index in [1.54, 1.807) is 29.2 Å². The van der Waals surface area contributed by atoms with Crippen molar-refractivity contribution in [2.24, 2.45) is 0 Å². The molecule has 2 aromatic carbocycles. The second-order valence-corrected chi connectivity index (χ2v) is 8.42. The Bertz CT molecular complexity index is 1070. The number of benzene rings is 2. The van der Waals surface area contributed by atoms with Crippen LogP contribution in [0.15, 0.2) is 59.6 Å². The number of anilines is 1. The number of carbonyl (C=O) groups excluding carboxylic acids is 1. The number of nitrogens with one attached hydrogen (secondary N) is 2. The van der Waals surface area contributed by atoms with Gasteiger partial charge in [0.1, 0.15) is 0 Å². The number of carbonyl (C=O) groups is 1. The van der Waals surface area contributed by atoms with E-state index in [0.29, 0.717) is 25.9 Å². The number of sulfonamides is 1. The maximum atomic E-state index is 12.5. The number of nitrogens with zero attached hydrogens (tertiary/aromatic N) is 1. The lowest BCUT2D eigenvalue weighted by Crippen LogP contribution is -2.26. The summed E-state index contributed by atoms with van der Waals surface area (Å²) in [7, 11) is -3.58. The van der Waals surface area contributed by atoms with Crippen LogP contribution in [0, 0.1) is 0 Å². The van der Waals surface area contributed by atoms with Crippen LogP contribution >= 0.6 is 0 Å². The maximum Gasteiger partial charge on any atom is 0.240 e. The van der Waals surface area contributed by atoms with Gasteiger partial charge in [0.25, 0.3) is 0 Å². The first-order valence-electron chi connectivity index (χ1n) is 9.00. The van der Waals surface area contributed by atoms with Gasteiger partial charge in [0.15, 0.2) is 0 Å². The molecule has 0 aliphatic carbocycles. The average molecular weight is 383 g/mol. The summed E-state index contributed by atoms with van der Waals surface area (Å²) in [6.07, 6.45) is 3.91. The fourth-order valence-corrected chi connectivity index (χ4v) is 4.50. The van der Waals surface area contributed by atoms with Crippen LogP contribution in [0.2, 0.25) is 0 Å². The smallest absolute Gasteiger partial charge is 0.240 e. The highest BCUT2D eigenvalue weighted by atomic mass is 32.2. The van der Waals surface area contributed by atoms with E-state index in [1.165, 1.54) is 0 Å². The predicted molar refractivity (Wildman–Crippen MR) is 105 cm³/mol. The summed E-state index contributed by atoms with van der Waals surface area (Å²) >= 11 is 0. The van der Waals surface area contributed by atoms with Gasteiger partial charge in [-0.05, 0) is 48.7 Å². The molecular formula is C20H21N3O3S. The number of rotatable bonds is 6. The number of aromatic nitrogens is 1. The largest absolute Gasteiger partial charge is 0.361 e. The highest BCUT2D eigenvalue weighted by Crippen LogP contribution is 2.23. The molecule has 2 heterocycles. The quantitative estimate of drug-likeness (QED) is 0.687. The summed E-state index contributed by atoms with van der Waals surface area (Å²) < 4.78 is 27.7. The fraction of sp³-hybridized carbons (Fsp3) is 0.250. The molecule has 3 aromatic rings. The maximum absolute atomic E-state index is 12.5. The van der Waals surface area contributed by atoms with Gasteiger partial charge in [0.2, 0.25) is 15.9 Å². The Balaban J connectivity index is 1.41. The van der Waals surface area contributed by atoms with Crippen molar-refractivity contribution in [1.29, 1.82) is 0 Å². The lowest BCUT2D eigenvalue weighted by molar-refractivity contribution is -0.117. The second kappa shape index (κ2) is 7.17. The van der Waals surface area contributed by atoms with E-state index < -0.39 is 10.0 Å². The van der Waals surface area contributed by atoms with E-state index in [0.717, 1.165) is 28.6 Å². The van der Waals surface area contributed by atoms with Gasteiger partial charge >= 0.3 is 0 Å². The van der Waals surface area contributed by atoms with E-state index in [4.69, 9.17) is 0 Å². The van der Waals surface area contributed by atoms with E-state index in [2.05, 4.69) is 9.71 Å². The highest BCUT2D eigenvalue weighted by Gasteiger charge is 2.22. The van der Waals surface area contributed by atoms with Gasteiger partial charge in [-0.1, -0.05) is 18.2 Å². The molecule has 4 rings (SSSR count). The SMILES string of the molecule is O=C1CCCN1c1ccc(S(=O)(=O)NCCc2c[nH]c3ccccc23)cc1. The van der Waals surface area contributed by atoms with Crippen molar-refractivity contribution < 1.29 is 13.2 Å². The Kier molecular flexibility index (Phi) is 4.72. The minimum Gasteiger partial charge on any atom is -0.361 e. The van der Waals surface area contributed by atoms with Crippen molar-refractivity contribution >= 4 is 32.5 Å². The van der Waals surface area contributed by atoms with Gasteiger partial charge in [-0.15, -0.1) is 0 Å². The van der Waals surface area contributed by atoms with Crippen molar-refractivity contribution in [2.75, 3.05) is 18.0 Å². The minimum atomic E-state index is -3.58. The van der Waals surface area contributed by atoms with Gasteiger partial charge in [-0.25, -0.2) is 13.1 Å². The van der Waals surface area contributed by atoms with E-state index >= 15 is 0 Å². The average Bonchev–Trinajstić information content (AvgIpc) is 3.28. The van der Waals surface area contributed by atoms with Gasteiger partial charge in [-0.3, -0.25) is 4.79 Å². The summed E-state index contributed by atoms with van der Waals surface area (Å²) in [5, 5.41) is 1.11. The molecule has 0 bridgehead atoms. The molecule has 0 radical (unpaired) electrons. The van der Waals surface area contributed by atoms with Crippen molar-refractivity contribution in [2.45, 2.75) is 24.2 Å². The zero-order valence-corrected chi connectivity index (χ0v) is 15.6. The van der Waals surface area contributed by atoms with Crippen LogP contribution in [0.1, 0.15) is 18.4 Å². The zero-order chi connectivity index (χ0) is 18.9. The third-order valence-corrected chi connectivity index (χ3v) is 6.37. The van der Waals surface area contributed by atoms with Crippen molar-refractivity contribution in [3.63, 3.8) is 0 Å². The summed E-state index contributed by atoms with van der Waals surface area (Å²) in [6.45, 7) is 1.00. The summed E-state index contributed by atoms with van der Waals surface area (Å²) in [5.41, 5.74) is 2.87. The monoisotopic (exact) mass is 383 g/mol. The Hall–Kier alpha value is -2.64. The number of hydrogen-bond acceptors (Lipinski definition) is 3. The summed E-state index contributed by atoms with van der Waals surface area (Å²) in [6, 6.07) is 14.4. The summed E-state index contributed by atoms with van der Waals surface area (Å²) in [5.74, 6) is 0.0856. The molecule has 0 unspecified atom stereocenters. The molecule has 1 fully saturated rings. The first-order chi connectivity index (χ1) is 13.0. The lowest BCUT2D eigenvalue weighted by atomic mass is 10.1. The van der Waals surface area contributed by atoms with Crippen LogP contribution < -0.4 is 9.62 Å². The normalized spacial score (nSPS) is 15.0. The molecule has 6 nitrogen and oxygen atoms in total. The number of hydrogen-bond donors (Lipinski definition) is 2. The van der Waals surface area contributed by atoms with Crippen LogP contribution in [-0.4, -0.2) is 32.4 Å². The molecule has 1 aliphatic heterocycles. The van der Waals surface area contributed by atoms with Gasteiger partial charge in [0, 0.05) is 42.3 Å². The van der Waals surface area contributed by atoms with Crippen LogP contribution in [0.25, 0.3) is 10.9 Å². The molecule has 1 saturated heterocycles. The molecule has 27 heavy (non-hydrogen) atoms. The molecule has 7 heteroatoms. The number of H-pyrrole nitrogens is 1. The third kappa shape index (κ3) is 3.61. The van der Waals surface area contributed by atoms with Crippen molar-refractivity contribution in [3.8, 4) is 0 Å². The van der Waals surface area contributed by atoms with Gasteiger partial charge in [0.05, 0.1) is 4.90 Å². The van der Waals surface area contributed by atoms with Crippen molar-refractivity contribution in [3.05, 3.63) is 60.3 Å². The first kappa shape index (κ1) is 17.8. The second-order valence-electron chi connectivity index (χ2n) is 6.65. The van der Waals surface area contributed by atoms with Gasteiger partial charge in [-0.2, -0.15) is 0 Å². The Morgan fingerprint density at radius 2 is 1.85 bits per heavy atom. The highest BCUT2D eigenvalue weighted by molar-refractivity contribution is 7.89. The molecule has 2 N–H and O–H groups in total. The molecular weight excluding hydrogens is 362 g/mol. The molecule has 1 aliphatic rings. The van der Waals surface area contributed by atoms with E-state index in [1.807, 2.05) is 30.5 Å². The standard InChI is InChI=1S/C20H21N3O3S/c24-20-6-3-13-23(20)16-7-9-17(10-8-16)27(25,26)22-12-11-15-14-21-19-5-2-1-4-18(15)19/h1-2,4-5,7-10,14,21-22H,3,6,11-13H2. The Morgan fingerprint density at radius 1 is 1.07 bits per heavy atom. The number of fused-ring (bicyclic) bond motifs is 1. The molecule has 0 spiro atoms. The van der Waals surface area contributed by atoms with E-state index in [-0.39, 0.29) is 10.8 Å². The molecule has 0 atom stereocenters. The number of amides is 1. The summed E-state index contributed by atoms with van der Waals surface area (Å²) in [4.78, 5) is 16.9. The molecule has 1 aromatic heterocycles. The van der Waals surface area contributed by atoms with E-state index in [9.17, 15) is 13.2 Å². The van der Waals surface area contributed by atoms with Crippen molar-refractivity contribution in [1.82, 2.24) is 9.71 Å². The van der Waals surface area contributed by atoms with Crippen LogP contribution in [0.4, 0.5) is 5.69 Å². The first-order valence-corrected chi connectivity index (χ1v) is 10.5. The predicted octanol–water partition coefficient (Wildman–Crippen LogP) is 2.82. The molecule has 140 valence electrons. The zero-order valence-electron chi connectivity index (χ0n) is 14.8. The minimum absolute atomic E-state index is 0.0856. The Labute approximate surface area is 158 Å². The van der Waals surface area contributed by atoms with Crippen LogP contribution in [0.5, 0.6) is 0 Å². The number of aromatic amines is 1. The van der Waals surface area contributed by atoms with Gasteiger partial charge < -0.3 is 9.88 Å². The Morgan fingerprint density at radius 3 is 2.59 bits per heavy atom. The number of para-hydroxylation sites is 1. The molecule has 0 saturated carbocycles. The fourth-order valence-electron chi connectivity index (χ4n) is 3.47. The lowest BCUT2D eigenvalue weighted by Gasteiger charge is -2.16.